The maximum absolute atomic E-state index is 12.7. The van der Waals surface area contributed by atoms with Crippen LogP contribution in [0.15, 0.2) is 42.5 Å². The summed E-state index contributed by atoms with van der Waals surface area (Å²) in [6.45, 7) is 1.69. The second-order valence-corrected chi connectivity index (χ2v) is 8.22. The van der Waals surface area contributed by atoms with Crippen LogP contribution in [0.5, 0.6) is 0 Å². The summed E-state index contributed by atoms with van der Waals surface area (Å²) in [6, 6.07) is 12.1. The quantitative estimate of drug-likeness (QED) is 0.397. The topological polar surface area (TPSA) is 93.0 Å². The number of hydrogen-bond acceptors (Lipinski definition) is 6. The van der Waals surface area contributed by atoms with Crippen LogP contribution in [0.4, 0.5) is 17.1 Å². The molecule has 0 unspecified atom stereocenters. The SMILES string of the molecule is O=C(OCC(=O)N1CCCc2ccccc21)c1ccc(N2CCCCCC2)c([N+](=O)[O-])c1. The summed E-state index contributed by atoms with van der Waals surface area (Å²) < 4.78 is 5.23. The molecule has 0 radical (unpaired) electrons. The van der Waals surface area contributed by atoms with Gasteiger partial charge >= 0.3 is 5.97 Å². The van der Waals surface area contributed by atoms with Crippen LogP contribution in [0, 0.1) is 10.1 Å². The van der Waals surface area contributed by atoms with Gasteiger partial charge in [-0.1, -0.05) is 31.0 Å². The second kappa shape index (κ2) is 9.80. The molecule has 1 amide bonds. The summed E-state index contributed by atoms with van der Waals surface area (Å²) in [6.07, 6.45) is 5.97. The van der Waals surface area contributed by atoms with E-state index >= 15 is 0 Å². The van der Waals surface area contributed by atoms with Crippen molar-refractivity contribution >= 4 is 28.9 Å². The number of nitro groups is 1. The lowest BCUT2D eigenvalue weighted by Gasteiger charge is -2.29. The maximum atomic E-state index is 12.7. The zero-order chi connectivity index (χ0) is 22.5. The number of rotatable bonds is 5. The molecule has 0 aliphatic carbocycles. The molecule has 2 heterocycles. The van der Waals surface area contributed by atoms with Gasteiger partial charge < -0.3 is 14.5 Å². The first kappa shape index (κ1) is 21.8. The van der Waals surface area contributed by atoms with E-state index in [0.717, 1.165) is 62.9 Å². The average molecular weight is 437 g/mol. The minimum atomic E-state index is -0.742. The largest absolute Gasteiger partial charge is 0.452 e. The van der Waals surface area contributed by atoms with Gasteiger partial charge in [0.05, 0.1) is 10.5 Å². The van der Waals surface area contributed by atoms with Crippen molar-refractivity contribution in [1.82, 2.24) is 0 Å². The molecule has 2 aliphatic rings. The molecule has 0 bridgehead atoms. The number of benzene rings is 2. The molecule has 0 N–H and O–H groups in total. The molecule has 168 valence electrons. The van der Waals surface area contributed by atoms with E-state index in [1.165, 1.54) is 12.1 Å². The lowest BCUT2D eigenvalue weighted by molar-refractivity contribution is -0.384. The first-order chi connectivity index (χ1) is 15.5. The Morgan fingerprint density at radius 2 is 1.69 bits per heavy atom. The fourth-order valence-corrected chi connectivity index (χ4v) is 4.46. The highest BCUT2D eigenvalue weighted by atomic mass is 16.6. The highest BCUT2D eigenvalue weighted by Crippen LogP contribution is 2.31. The summed E-state index contributed by atoms with van der Waals surface area (Å²) in [4.78, 5) is 40.1. The number of carbonyl (C=O) groups excluding carboxylic acids is 2. The van der Waals surface area contributed by atoms with Gasteiger partial charge in [0.2, 0.25) is 0 Å². The molecule has 0 saturated carbocycles. The predicted octanol–water partition coefficient (Wildman–Crippen LogP) is 4.11. The highest BCUT2D eigenvalue weighted by molar-refractivity contribution is 5.98. The van der Waals surface area contributed by atoms with Crippen LogP contribution in [0.1, 0.15) is 48.0 Å². The summed E-state index contributed by atoms with van der Waals surface area (Å²) >= 11 is 0. The third kappa shape index (κ3) is 4.74. The summed E-state index contributed by atoms with van der Waals surface area (Å²) in [5, 5.41) is 11.7. The van der Waals surface area contributed by atoms with Gasteiger partial charge in [0.15, 0.2) is 6.61 Å². The number of amides is 1. The third-order valence-corrected chi connectivity index (χ3v) is 6.09. The first-order valence-electron chi connectivity index (χ1n) is 11.1. The van der Waals surface area contributed by atoms with Gasteiger partial charge in [-0.05, 0) is 49.4 Å². The highest BCUT2D eigenvalue weighted by Gasteiger charge is 2.25. The van der Waals surface area contributed by atoms with Crippen LogP contribution in [0.25, 0.3) is 0 Å². The number of para-hydroxylation sites is 1. The summed E-state index contributed by atoms with van der Waals surface area (Å²) in [5.74, 6) is -1.05. The van der Waals surface area contributed by atoms with Crippen molar-refractivity contribution in [2.75, 3.05) is 36.0 Å². The Bertz CT molecular complexity index is 1010. The lowest BCUT2D eigenvalue weighted by Crippen LogP contribution is -2.38. The standard InChI is InChI=1S/C24H27N3O5/c28-23(26-15-7-9-18-8-3-4-10-20(18)26)17-32-24(29)19-11-12-21(22(16-19)27(30)31)25-13-5-1-2-6-14-25/h3-4,8,10-12,16H,1-2,5-7,9,13-15,17H2. The Hall–Kier alpha value is -3.42. The van der Waals surface area contributed by atoms with Crippen LogP contribution >= 0.6 is 0 Å². The van der Waals surface area contributed by atoms with E-state index < -0.39 is 17.5 Å². The van der Waals surface area contributed by atoms with E-state index in [0.29, 0.717) is 12.2 Å². The van der Waals surface area contributed by atoms with Crippen LogP contribution in [0.3, 0.4) is 0 Å². The minimum absolute atomic E-state index is 0.0714. The van der Waals surface area contributed by atoms with E-state index in [9.17, 15) is 19.7 Å². The van der Waals surface area contributed by atoms with Gasteiger partial charge in [-0.25, -0.2) is 4.79 Å². The second-order valence-electron chi connectivity index (χ2n) is 8.22. The van der Waals surface area contributed by atoms with Crippen molar-refractivity contribution in [1.29, 1.82) is 0 Å². The lowest BCUT2D eigenvalue weighted by atomic mass is 10.0. The van der Waals surface area contributed by atoms with Crippen LogP contribution in [-0.2, 0) is 16.0 Å². The minimum Gasteiger partial charge on any atom is -0.452 e. The van der Waals surface area contributed by atoms with Crippen molar-refractivity contribution in [2.24, 2.45) is 0 Å². The normalized spacial score (nSPS) is 16.1. The molecule has 8 heteroatoms. The number of esters is 1. The van der Waals surface area contributed by atoms with E-state index in [1.54, 1.807) is 11.0 Å². The molecule has 8 nitrogen and oxygen atoms in total. The Balaban J connectivity index is 1.45. The molecule has 2 aromatic carbocycles. The van der Waals surface area contributed by atoms with E-state index in [2.05, 4.69) is 0 Å². The van der Waals surface area contributed by atoms with E-state index in [1.807, 2.05) is 29.2 Å². The molecule has 2 aliphatic heterocycles. The van der Waals surface area contributed by atoms with Crippen molar-refractivity contribution in [3.05, 3.63) is 63.7 Å². The molecular weight excluding hydrogens is 410 g/mol. The van der Waals surface area contributed by atoms with Crippen LogP contribution < -0.4 is 9.80 Å². The van der Waals surface area contributed by atoms with Gasteiger partial charge in [0, 0.05) is 31.4 Å². The Labute approximate surface area is 186 Å². The van der Waals surface area contributed by atoms with Crippen molar-refractivity contribution < 1.29 is 19.2 Å². The number of carbonyl (C=O) groups is 2. The number of hydrogen-bond donors (Lipinski definition) is 0. The Morgan fingerprint density at radius 3 is 2.44 bits per heavy atom. The molecular formula is C24H27N3O5. The molecule has 32 heavy (non-hydrogen) atoms. The number of aryl methyl sites for hydroxylation is 1. The molecule has 0 spiro atoms. The number of anilines is 2. The van der Waals surface area contributed by atoms with Gasteiger partial charge in [-0.3, -0.25) is 14.9 Å². The van der Waals surface area contributed by atoms with Crippen LogP contribution in [0.2, 0.25) is 0 Å². The monoisotopic (exact) mass is 437 g/mol. The summed E-state index contributed by atoms with van der Waals surface area (Å²) in [5.41, 5.74) is 2.42. The summed E-state index contributed by atoms with van der Waals surface area (Å²) in [7, 11) is 0. The molecule has 0 atom stereocenters. The van der Waals surface area contributed by atoms with Gasteiger partial charge in [0.25, 0.3) is 11.6 Å². The number of nitro benzene ring substituents is 1. The Morgan fingerprint density at radius 1 is 0.938 bits per heavy atom. The average Bonchev–Trinajstić information content (AvgIpc) is 3.11. The first-order valence-corrected chi connectivity index (χ1v) is 11.1. The fraction of sp³-hybridized carbons (Fsp3) is 0.417. The fourth-order valence-electron chi connectivity index (χ4n) is 4.46. The zero-order valence-electron chi connectivity index (χ0n) is 18.0. The molecule has 0 aromatic heterocycles. The molecule has 1 fully saturated rings. The predicted molar refractivity (Wildman–Crippen MR) is 121 cm³/mol. The molecule has 1 saturated heterocycles. The van der Waals surface area contributed by atoms with Crippen molar-refractivity contribution in [3.8, 4) is 0 Å². The third-order valence-electron chi connectivity index (χ3n) is 6.09. The molecule has 2 aromatic rings. The number of nitrogens with zero attached hydrogens (tertiary/aromatic N) is 3. The zero-order valence-corrected chi connectivity index (χ0v) is 18.0. The van der Waals surface area contributed by atoms with Gasteiger partial charge in [-0.15, -0.1) is 0 Å². The van der Waals surface area contributed by atoms with Crippen molar-refractivity contribution in [3.63, 3.8) is 0 Å². The number of ether oxygens (including phenoxy) is 1. The maximum Gasteiger partial charge on any atom is 0.338 e. The van der Waals surface area contributed by atoms with Crippen molar-refractivity contribution in [2.45, 2.75) is 38.5 Å². The Kier molecular flexibility index (Phi) is 6.68. The van der Waals surface area contributed by atoms with E-state index in [4.69, 9.17) is 4.74 Å². The smallest absolute Gasteiger partial charge is 0.338 e. The molecule has 4 rings (SSSR count). The number of fused-ring (bicyclic) bond motifs is 1. The van der Waals surface area contributed by atoms with Gasteiger partial charge in [-0.2, -0.15) is 0 Å². The van der Waals surface area contributed by atoms with E-state index in [-0.39, 0.29) is 17.2 Å². The van der Waals surface area contributed by atoms with Crippen LogP contribution in [-0.4, -0.2) is 43.0 Å². The van der Waals surface area contributed by atoms with Gasteiger partial charge in [0.1, 0.15) is 5.69 Å².